The van der Waals surface area contributed by atoms with E-state index in [-0.39, 0.29) is 12.1 Å². The van der Waals surface area contributed by atoms with E-state index >= 15 is 0 Å². The Labute approximate surface area is 189 Å². The quantitative estimate of drug-likeness (QED) is 0.502. The molecule has 5 rings (SSSR count). The maximum absolute atomic E-state index is 5.19. The Morgan fingerprint density at radius 3 is 2.65 bits per heavy atom. The van der Waals surface area contributed by atoms with Crippen LogP contribution in [-0.4, -0.2) is 31.4 Å². The molecule has 31 heavy (non-hydrogen) atoms. The number of pyridine rings is 1. The Morgan fingerprint density at radius 2 is 1.90 bits per heavy atom. The molecule has 0 spiro atoms. The van der Waals surface area contributed by atoms with Gasteiger partial charge >= 0.3 is 0 Å². The first-order valence-electron chi connectivity index (χ1n) is 11.2. The number of thioether (sulfide) groups is 1. The lowest BCUT2D eigenvalue weighted by Crippen LogP contribution is -2.35. The van der Waals surface area contributed by atoms with E-state index in [1.807, 2.05) is 24.0 Å². The molecule has 0 N–H and O–H groups in total. The van der Waals surface area contributed by atoms with E-state index in [0.717, 1.165) is 17.9 Å². The summed E-state index contributed by atoms with van der Waals surface area (Å²) in [5.41, 5.74) is 8.94. The SMILES string of the molecule is CC[C@H]1CSC2=N[C@@H](c3ccccn3)[C@@H](c3cc(C)n(-c4cccc(C)c4C)c3C)N21. The van der Waals surface area contributed by atoms with E-state index in [0.29, 0.717) is 6.04 Å². The van der Waals surface area contributed by atoms with Crippen molar-refractivity contribution in [1.29, 1.82) is 0 Å². The van der Waals surface area contributed by atoms with E-state index in [2.05, 4.69) is 80.5 Å². The van der Waals surface area contributed by atoms with Gasteiger partial charge in [-0.3, -0.25) is 9.98 Å². The van der Waals surface area contributed by atoms with Gasteiger partial charge in [0, 0.05) is 35.1 Å². The van der Waals surface area contributed by atoms with Gasteiger partial charge in [-0.25, -0.2) is 0 Å². The number of aromatic nitrogens is 2. The number of aliphatic imine (C=N–C) groups is 1. The van der Waals surface area contributed by atoms with Gasteiger partial charge in [0.05, 0.1) is 11.7 Å². The zero-order chi connectivity index (χ0) is 21.7. The minimum absolute atomic E-state index is 0.0330. The number of amidine groups is 1. The summed E-state index contributed by atoms with van der Waals surface area (Å²) in [6.45, 7) is 11.2. The van der Waals surface area contributed by atoms with Crippen molar-refractivity contribution in [2.45, 2.75) is 59.2 Å². The molecule has 3 atom stereocenters. The summed E-state index contributed by atoms with van der Waals surface area (Å²) in [6, 6.07) is 15.9. The van der Waals surface area contributed by atoms with Gasteiger partial charge in [0.2, 0.25) is 0 Å². The predicted octanol–water partition coefficient (Wildman–Crippen LogP) is 6.09. The van der Waals surface area contributed by atoms with Gasteiger partial charge in [-0.1, -0.05) is 36.9 Å². The van der Waals surface area contributed by atoms with Crippen molar-refractivity contribution in [1.82, 2.24) is 14.5 Å². The zero-order valence-electron chi connectivity index (χ0n) is 19.0. The summed E-state index contributed by atoms with van der Waals surface area (Å²) in [5, 5.41) is 1.18. The fraction of sp³-hybridized carbons (Fsp3) is 0.385. The van der Waals surface area contributed by atoms with Gasteiger partial charge in [-0.2, -0.15) is 0 Å². The Hall–Kier alpha value is -2.53. The number of fused-ring (bicyclic) bond motifs is 1. The van der Waals surface area contributed by atoms with Crippen LogP contribution < -0.4 is 0 Å². The standard InChI is InChI=1S/C26H30N4S/c1-6-20-15-31-26-28-24(22-11-7-8-13-27-22)25(30(20)26)21-14-17(3)29(19(21)5)23-12-9-10-16(2)18(23)4/h7-14,20,24-25H,6,15H2,1-5H3/t20-,24-,25+/m0/s1. The van der Waals surface area contributed by atoms with E-state index < -0.39 is 0 Å². The van der Waals surface area contributed by atoms with Crippen molar-refractivity contribution >= 4 is 16.9 Å². The summed E-state index contributed by atoms with van der Waals surface area (Å²) >= 11 is 1.90. The molecular formula is C26H30N4S. The van der Waals surface area contributed by atoms with Crippen molar-refractivity contribution in [2.24, 2.45) is 4.99 Å². The molecule has 4 nitrogen and oxygen atoms in total. The van der Waals surface area contributed by atoms with Gasteiger partial charge < -0.3 is 9.47 Å². The molecule has 5 heteroatoms. The minimum Gasteiger partial charge on any atom is -0.338 e. The first kappa shape index (κ1) is 20.4. The summed E-state index contributed by atoms with van der Waals surface area (Å²) in [6.07, 6.45) is 3.02. The normalized spacial score (nSPS) is 22.7. The lowest BCUT2D eigenvalue weighted by atomic mass is 9.95. The molecule has 2 aliphatic rings. The first-order chi connectivity index (χ1) is 15.0. The molecule has 4 heterocycles. The van der Waals surface area contributed by atoms with Gasteiger partial charge in [-0.15, -0.1) is 0 Å². The zero-order valence-corrected chi connectivity index (χ0v) is 19.8. The molecule has 0 amide bonds. The van der Waals surface area contributed by atoms with Crippen molar-refractivity contribution in [3.05, 3.63) is 82.4 Å². The lowest BCUT2D eigenvalue weighted by Gasteiger charge is -2.32. The average Bonchev–Trinajstić information content (AvgIpc) is 3.42. The van der Waals surface area contributed by atoms with Crippen LogP contribution in [-0.2, 0) is 0 Å². The summed E-state index contributed by atoms with van der Waals surface area (Å²) in [5.74, 6) is 1.12. The maximum Gasteiger partial charge on any atom is 0.160 e. The second kappa shape index (κ2) is 7.86. The Morgan fingerprint density at radius 1 is 1.06 bits per heavy atom. The third-order valence-corrected chi connectivity index (χ3v) is 8.06. The fourth-order valence-electron chi connectivity index (χ4n) is 5.12. The molecule has 2 aliphatic heterocycles. The minimum atomic E-state index is 0.0330. The molecule has 0 aliphatic carbocycles. The van der Waals surface area contributed by atoms with Gasteiger partial charge in [0.1, 0.15) is 6.04 Å². The summed E-state index contributed by atoms with van der Waals surface area (Å²) in [4.78, 5) is 12.5. The second-order valence-electron chi connectivity index (χ2n) is 8.72. The molecular weight excluding hydrogens is 400 g/mol. The first-order valence-corrected chi connectivity index (χ1v) is 12.1. The predicted molar refractivity (Wildman–Crippen MR) is 130 cm³/mol. The van der Waals surface area contributed by atoms with Crippen LogP contribution in [0.5, 0.6) is 0 Å². The molecule has 0 unspecified atom stereocenters. The fourth-order valence-corrected chi connectivity index (χ4v) is 6.46. The molecule has 1 aromatic carbocycles. The van der Waals surface area contributed by atoms with Crippen LogP contribution in [0.25, 0.3) is 5.69 Å². The smallest absolute Gasteiger partial charge is 0.160 e. The molecule has 0 saturated carbocycles. The highest BCUT2D eigenvalue weighted by Crippen LogP contribution is 2.49. The highest BCUT2D eigenvalue weighted by atomic mass is 32.2. The van der Waals surface area contributed by atoms with Crippen molar-refractivity contribution < 1.29 is 0 Å². The number of hydrogen-bond acceptors (Lipinski definition) is 4. The van der Waals surface area contributed by atoms with Gasteiger partial charge in [-0.05, 0) is 75.1 Å². The third kappa shape index (κ3) is 3.21. The van der Waals surface area contributed by atoms with Crippen LogP contribution in [0.1, 0.15) is 59.2 Å². The highest BCUT2D eigenvalue weighted by molar-refractivity contribution is 8.14. The van der Waals surface area contributed by atoms with Gasteiger partial charge in [0.25, 0.3) is 0 Å². The summed E-state index contributed by atoms with van der Waals surface area (Å²) < 4.78 is 2.43. The summed E-state index contributed by atoms with van der Waals surface area (Å²) in [7, 11) is 0. The third-order valence-electron chi connectivity index (χ3n) is 6.94. The monoisotopic (exact) mass is 430 g/mol. The number of benzene rings is 1. The Kier molecular flexibility index (Phi) is 5.17. The van der Waals surface area contributed by atoms with Crippen LogP contribution in [0.15, 0.2) is 53.7 Å². The number of hydrogen-bond donors (Lipinski definition) is 0. The van der Waals surface area contributed by atoms with Crippen LogP contribution in [0, 0.1) is 27.7 Å². The number of rotatable bonds is 4. The van der Waals surface area contributed by atoms with Crippen LogP contribution in [0.3, 0.4) is 0 Å². The van der Waals surface area contributed by atoms with Crippen LogP contribution >= 0.6 is 11.8 Å². The highest BCUT2D eigenvalue weighted by Gasteiger charge is 2.46. The van der Waals surface area contributed by atoms with E-state index in [1.165, 1.54) is 38.9 Å². The lowest BCUT2D eigenvalue weighted by molar-refractivity contribution is 0.254. The largest absolute Gasteiger partial charge is 0.338 e. The molecule has 0 bridgehead atoms. The van der Waals surface area contributed by atoms with Crippen LogP contribution in [0.2, 0.25) is 0 Å². The topological polar surface area (TPSA) is 33.4 Å². The molecule has 1 saturated heterocycles. The van der Waals surface area contributed by atoms with Crippen LogP contribution in [0.4, 0.5) is 0 Å². The number of aryl methyl sites for hydroxylation is 2. The molecule has 2 aromatic heterocycles. The van der Waals surface area contributed by atoms with Crippen molar-refractivity contribution in [3.63, 3.8) is 0 Å². The van der Waals surface area contributed by atoms with E-state index in [9.17, 15) is 0 Å². The average molecular weight is 431 g/mol. The second-order valence-corrected chi connectivity index (χ2v) is 9.70. The van der Waals surface area contributed by atoms with Gasteiger partial charge in [0.15, 0.2) is 5.17 Å². The number of nitrogens with zero attached hydrogens (tertiary/aromatic N) is 4. The van der Waals surface area contributed by atoms with E-state index in [4.69, 9.17) is 9.98 Å². The molecule has 1 fully saturated rings. The van der Waals surface area contributed by atoms with Crippen molar-refractivity contribution in [3.8, 4) is 5.69 Å². The molecule has 3 aromatic rings. The molecule has 160 valence electrons. The Balaban J connectivity index is 1.66. The molecule has 0 radical (unpaired) electrons. The Bertz CT molecular complexity index is 1150. The maximum atomic E-state index is 5.19. The van der Waals surface area contributed by atoms with E-state index in [1.54, 1.807) is 0 Å². The van der Waals surface area contributed by atoms with Crippen molar-refractivity contribution in [2.75, 3.05) is 5.75 Å².